The van der Waals surface area contributed by atoms with Gasteiger partial charge in [0, 0.05) is 22.2 Å². The van der Waals surface area contributed by atoms with Crippen molar-refractivity contribution >= 4 is 29.3 Å². The Balaban J connectivity index is 1.47. The zero-order chi connectivity index (χ0) is 19.9. The monoisotopic (exact) mass is 400 g/mol. The summed E-state index contributed by atoms with van der Waals surface area (Å²) in [5.41, 5.74) is 1.03. The Bertz CT molecular complexity index is 844. The predicted octanol–water partition coefficient (Wildman–Crippen LogP) is 3.72. The highest BCUT2D eigenvalue weighted by molar-refractivity contribution is 6.30. The molecule has 0 radical (unpaired) electrons. The Kier molecular flexibility index (Phi) is 6.66. The van der Waals surface area contributed by atoms with Crippen LogP contribution in [0.1, 0.15) is 41.6 Å². The van der Waals surface area contributed by atoms with Crippen LogP contribution in [-0.4, -0.2) is 30.4 Å². The number of nitrogens with one attached hydrogen (secondary N) is 2. The van der Waals surface area contributed by atoms with E-state index in [2.05, 4.69) is 10.6 Å². The molecule has 3 rings (SSSR count). The van der Waals surface area contributed by atoms with Crippen molar-refractivity contribution in [1.29, 1.82) is 0 Å². The van der Waals surface area contributed by atoms with Crippen molar-refractivity contribution in [1.82, 2.24) is 10.6 Å². The van der Waals surface area contributed by atoms with Gasteiger partial charge in [0.25, 0.3) is 5.91 Å². The molecule has 1 aliphatic carbocycles. The lowest BCUT2D eigenvalue weighted by Gasteiger charge is -2.12. The molecule has 0 spiro atoms. The van der Waals surface area contributed by atoms with Gasteiger partial charge in [-0.3, -0.25) is 14.9 Å². The van der Waals surface area contributed by atoms with Gasteiger partial charge in [0.05, 0.1) is 0 Å². The number of rotatable bonds is 6. The largest absolute Gasteiger partial charge is 0.484 e. The van der Waals surface area contributed by atoms with Gasteiger partial charge in [0.2, 0.25) is 0 Å². The number of amides is 3. The molecule has 1 saturated carbocycles. The molecule has 2 aromatic rings. The Hall–Kier alpha value is -2.86. The number of imide groups is 1. The molecule has 146 valence electrons. The van der Waals surface area contributed by atoms with E-state index in [9.17, 15) is 14.4 Å². The molecule has 6 nitrogen and oxygen atoms in total. The molecule has 0 unspecified atom stereocenters. The number of urea groups is 1. The molecule has 0 aromatic heterocycles. The van der Waals surface area contributed by atoms with Gasteiger partial charge in [-0.25, -0.2) is 4.79 Å². The van der Waals surface area contributed by atoms with Gasteiger partial charge in [0.1, 0.15) is 5.75 Å². The lowest BCUT2D eigenvalue weighted by Crippen LogP contribution is -2.45. The molecule has 2 N–H and O–H groups in total. The highest BCUT2D eigenvalue weighted by Gasteiger charge is 2.18. The molecule has 0 bridgehead atoms. The summed E-state index contributed by atoms with van der Waals surface area (Å²) in [4.78, 5) is 36.0. The van der Waals surface area contributed by atoms with Gasteiger partial charge < -0.3 is 10.1 Å². The quantitative estimate of drug-likeness (QED) is 0.724. The number of carbonyl (C=O) groups is 3. The molecule has 0 aliphatic heterocycles. The van der Waals surface area contributed by atoms with Gasteiger partial charge in [0.15, 0.2) is 12.4 Å². The number of halogens is 1. The second-order valence-corrected chi connectivity index (χ2v) is 7.09. The van der Waals surface area contributed by atoms with Gasteiger partial charge in [-0.05, 0) is 61.4 Å². The molecule has 2 aromatic carbocycles. The third kappa shape index (κ3) is 5.57. The number of hydrogen-bond acceptors (Lipinski definition) is 4. The van der Waals surface area contributed by atoms with E-state index in [1.807, 2.05) is 0 Å². The minimum absolute atomic E-state index is 0.135. The van der Waals surface area contributed by atoms with Crippen LogP contribution < -0.4 is 15.4 Å². The molecule has 1 fully saturated rings. The van der Waals surface area contributed by atoms with Crippen LogP contribution in [0.3, 0.4) is 0 Å². The molecule has 28 heavy (non-hydrogen) atoms. The van der Waals surface area contributed by atoms with Gasteiger partial charge in [-0.15, -0.1) is 0 Å². The maximum Gasteiger partial charge on any atom is 0.321 e. The minimum atomic E-state index is -0.531. The first-order valence-corrected chi connectivity index (χ1v) is 9.52. The van der Waals surface area contributed by atoms with Crippen LogP contribution >= 0.6 is 11.6 Å². The molecular formula is C21H21ClN2O4. The third-order valence-corrected chi connectivity index (χ3v) is 4.79. The summed E-state index contributed by atoms with van der Waals surface area (Å²) < 4.78 is 5.37. The first-order valence-electron chi connectivity index (χ1n) is 9.15. The van der Waals surface area contributed by atoms with Crippen molar-refractivity contribution in [3.8, 4) is 5.75 Å². The van der Waals surface area contributed by atoms with E-state index < -0.39 is 11.9 Å². The van der Waals surface area contributed by atoms with E-state index >= 15 is 0 Å². The fourth-order valence-electron chi connectivity index (χ4n) is 3.07. The zero-order valence-electron chi connectivity index (χ0n) is 15.2. The van der Waals surface area contributed by atoms with Crippen LogP contribution in [0.5, 0.6) is 5.75 Å². The average molecular weight is 401 g/mol. The maximum atomic E-state index is 12.4. The lowest BCUT2D eigenvalue weighted by molar-refractivity contribution is -0.122. The molecule has 7 heteroatoms. The normalized spacial score (nSPS) is 13.8. The summed E-state index contributed by atoms with van der Waals surface area (Å²) in [6.45, 7) is -0.289. The van der Waals surface area contributed by atoms with Crippen LogP contribution in [-0.2, 0) is 4.79 Å². The van der Waals surface area contributed by atoms with Crippen molar-refractivity contribution in [3.05, 3.63) is 64.7 Å². The Morgan fingerprint density at radius 2 is 1.50 bits per heavy atom. The van der Waals surface area contributed by atoms with E-state index in [4.69, 9.17) is 16.3 Å². The number of hydrogen-bond donors (Lipinski definition) is 2. The van der Waals surface area contributed by atoms with Gasteiger partial charge in [-0.1, -0.05) is 24.4 Å². The summed E-state index contributed by atoms with van der Waals surface area (Å²) >= 11 is 5.83. The van der Waals surface area contributed by atoms with Crippen LogP contribution in [0.15, 0.2) is 48.5 Å². The number of carbonyl (C=O) groups excluding carboxylic acids is 3. The first-order chi connectivity index (χ1) is 13.5. The molecule has 0 saturated heterocycles. The summed E-state index contributed by atoms with van der Waals surface area (Å²) in [5, 5.41) is 5.59. The van der Waals surface area contributed by atoms with Gasteiger partial charge in [-0.2, -0.15) is 0 Å². The Labute approximate surface area is 168 Å². The fraction of sp³-hybridized carbons (Fsp3) is 0.286. The van der Waals surface area contributed by atoms with Crippen LogP contribution in [0.25, 0.3) is 0 Å². The summed E-state index contributed by atoms with van der Waals surface area (Å²) in [6.07, 6.45) is 4.08. The van der Waals surface area contributed by atoms with Crippen LogP contribution in [0.2, 0.25) is 5.02 Å². The highest BCUT2D eigenvalue weighted by atomic mass is 35.5. The average Bonchev–Trinajstić information content (AvgIpc) is 3.19. The molecular weight excluding hydrogens is 380 g/mol. The first kappa shape index (κ1) is 19.9. The second-order valence-electron chi connectivity index (χ2n) is 6.65. The van der Waals surface area contributed by atoms with Gasteiger partial charge >= 0.3 is 6.03 Å². The number of benzene rings is 2. The van der Waals surface area contributed by atoms with Crippen molar-refractivity contribution in [2.24, 2.45) is 0 Å². The van der Waals surface area contributed by atoms with Crippen LogP contribution in [0.4, 0.5) is 4.79 Å². The third-order valence-electron chi connectivity index (χ3n) is 4.54. The summed E-state index contributed by atoms with van der Waals surface area (Å²) in [5.74, 6) is -0.236. The van der Waals surface area contributed by atoms with E-state index in [1.54, 1.807) is 48.5 Å². The lowest BCUT2D eigenvalue weighted by atomic mass is 10.0. The van der Waals surface area contributed by atoms with E-state index in [-0.39, 0.29) is 18.4 Å². The van der Waals surface area contributed by atoms with Crippen molar-refractivity contribution in [3.63, 3.8) is 0 Å². The smallest absolute Gasteiger partial charge is 0.321 e. The van der Waals surface area contributed by atoms with Crippen molar-refractivity contribution in [2.45, 2.75) is 31.7 Å². The molecule has 0 atom stereocenters. The Morgan fingerprint density at radius 1 is 0.929 bits per heavy atom. The molecule has 1 aliphatic rings. The van der Waals surface area contributed by atoms with Crippen molar-refractivity contribution in [2.75, 3.05) is 6.61 Å². The second kappa shape index (κ2) is 9.37. The molecule has 0 heterocycles. The van der Waals surface area contributed by atoms with E-state index in [0.29, 0.717) is 21.9 Å². The topological polar surface area (TPSA) is 84.5 Å². The predicted molar refractivity (Wildman–Crippen MR) is 106 cm³/mol. The maximum absolute atomic E-state index is 12.4. The number of ketones is 1. The van der Waals surface area contributed by atoms with E-state index in [0.717, 1.165) is 25.7 Å². The number of ether oxygens (including phenoxy) is 1. The van der Waals surface area contributed by atoms with Crippen LogP contribution in [0, 0.1) is 0 Å². The SMILES string of the molecule is O=C(COc1ccc(C(=O)c2ccc(Cl)cc2)cc1)NC(=O)NC1CCCC1. The van der Waals surface area contributed by atoms with E-state index in [1.165, 1.54) is 0 Å². The fourth-order valence-corrected chi connectivity index (χ4v) is 3.20. The molecule has 3 amide bonds. The highest BCUT2D eigenvalue weighted by Crippen LogP contribution is 2.18. The Morgan fingerprint density at radius 3 is 2.11 bits per heavy atom. The zero-order valence-corrected chi connectivity index (χ0v) is 16.0. The summed E-state index contributed by atoms with van der Waals surface area (Å²) in [6, 6.07) is 12.7. The standard InChI is InChI=1S/C21H21ClN2O4/c22-16-9-5-14(6-10-16)20(26)15-7-11-18(12-8-15)28-13-19(25)24-21(27)23-17-3-1-2-4-17/h5-12,17H,1-4,13H2,(H2,23,24,25,27). The van der Waals surface area contributed by atoms with Crippen molar-refractivity contribution < 1.29 is 19.1 Å². The summed E-state index contributed by atoms with van der Waals surface area (Å²) in [7, 11) is 0. The minimum Gasteiger partial charge on any atom is -0.484 e.